The molecular formula is C43H30N2Si. The van der Waals surface area contributed by atoms with Crippen molar-refractivity contribution in [1.29, 1.82) is 0 Å². The highest BCUT2D eigenvalue weighted by molar-refractivity contribution is 7.19. The van der Waals surface area contributed by atoms with Gasteiger partial charge in [0.25, 0.3) is 0 Å². The van der Waals surface area contributed by atoms with Crippen LogP contribution in [0.2, 0.25) is 0 Å². The fourth-order valence-electron chi connectivity index (χ4n) is 7.13. The summed E-state index contributed by atoms with van der Waals surface area (Å²) in [5.41, 5.74) is 6.01. The van der Waals surface area contributed by atoms with E-state index in [9.17, 15) is 0 Å². The van der Waals surface area contributed by atoms with E-state index < -0.39 is 8.07 Å². The first-order valence-corrected chi connectivity index (χ1v) is 17.6. The third-order valence-corrected chi connectivity index (χ3v) is 13.9. The van der Waals surface area contributed by atoms with Crippen molar-refractivity contribution in [2.45, 2.75) is 0 Å². The lowest BCUT2D eigenvalue weighted by atomic mass is 10.0. The molecule has 0 spiro atoms. The number of fused-ring (bicyclic) bond motifs is 3. The van der Waals surface area contributed by atoms with Gasteiger partial charge in [0.15, 0.2) is 13.8 Å². The summed E-state index contributed by atoms with van der Waals surface area (Å²) in [6.45, 7) is 7.97. The van der Waals surface area contributed by atoms with Gasteiger partial charge in [-0.05, 0) is 62.2 Å². The van der Waals surface area contributed by atoms with Gasteiger partial charge < -0.3 is 4.57 Å². The van der Waals surface area contributed by atoms with Crippen molar-refractivity contribution < 1.29 is 0 Å². The smallest absolute Gasteiger partial charge is 0.189 e. The summed E-state index contributed by atoms with van der Waals surface area (Å²) in [6.07, 6.45) is 0. The van der Waals surface area contributed by atoms with Crippen molar-refractivity contribution >= 4 is 56.3 Å². The van der Waals surface area contributed by atoms with Crippen LogP contribution in [0.3, 0.4) is 0 Å². The van der Waals surface area contributed by atoms with Crippen LogP contribution in [0.5, 0.6) is 0 Å². The van der Waals surface area contributed by atoms with E-state index in [1.54, 1.807) is 0 Å². The Bertz CT molecular complexity index is 2200. The van der Waals surface area contributed by atoms with E-state index in [0.29, 0.717) is 5.69 Å². The van der Waals surface area contributed by atoms with Gasteiger partial charge in [-0.1, -0.05) is 152 Å². The quantitative estimate of drug-likeness (QED) is 0.103. The van der Waals surface area contributed by atoms with Crippen LogP contribution in [0.1, 0.15) is 0 Å². The number of aromatic nitrogens is 1. The topological polar surface area (TPSA) is 9.29 Å². The highest BCUT2D eigenvalue weighted by Crippen LogP contribution is 2.35. The van der Waals surface area contributed by atoms with E-state index in [1.165, 1.54) is 31.5 Å². The van der Waals surface area contributed by atoms with Crippen molar-refractivity contribution in [2.24, 2.45) is 0 Å². The molecule has 8 aromatic rings. The van der Waals surface area contributed by atoms with Crippen molar-refractivity contribution in [2.75, 3.05) is 0 Å². The third kappa shape index (κ3) is 4.47. The second kappa shape index (κ2) is 11.5. The molecule has 0 aliphatic carbocycles. The van der Waals surface area contributed by atoms with Crippen molar-refractivity contribution in [3.05, 3.63) is 193 Å². The highest BCUT2D eigenvalue weighted by atomic mass is 28.3. The van der Waals surface area contributed by atoms with E-state index in [1.807, 2.05) is 12.1 Å². The molecule has 7 aromatic carbocycles. The monoisotopic (exact) mass is 602 g/mol. The molecule has 0 saturated carbocycles. The predicted octanol–water partition coefficient (Wildman–Crippen LogP) is 8.38. The molecule has 0 atom stereocenters. The molecule has 0 aliphatic rings. The zero-order valence-electron chi connectivity index (χ0n) is 25.2. The second-order valence-electron chi connectivity index (χ2n) is 11.6. The van der Waals surface area contributed by atoms with Gasteiger partial charge in [0.05, 0.1) is 17.6 Å². The molecule has 0 bridgehead atoms. The van der Waals surface area contributed by atoms with E-state index in [2.05, 4.69) is 179 Å². The van der Waals surface area contributed by atoms with Gasteiger partial charge in [-0.3, -0.25) is 0 Å². The maximum absolute atomic E-state index is 7.97. The van der Waals surface area contributed by atoms with Gasteiger partial charge in [-0.25, -0.2) is 4.85 Å². The predicted molar refractivity (Wildman–Crippen MR) is 196 cm³/mol. The maximum atomic E-state index is 7.97. The minimum atomic E-state index is -2.61. The molecule has 0 radical (unpaired) electrons. The van der Waals surface area contributed by atoms with Crippen LogP contribution in [-0.2, 0) is 0 Å². The molecule has 0 amide bonds. The lowest BCUT2D eigenvalue weighted by molar-refractivity contribution is 1.18. The molecule has 1 aromatic heterocycles. The first-order valence-electron chi connectivity index (χ1n) is 15.6. The maximum Gasteiger partial charge on any atom is 0.189 e. The number of nitrogens with zero attached hydrogens (tertiary/aromatic N) is 2. The van der Waals surface area contributed by atoms with Gasteiger partial charge in [0.2, 0.25) is 0 Å². The van der Waals surface area contributed by atoms with E-state index in [0.717, 1.165) is 27.8 Å². The molecule has 0 saturated heterocycles. The van der Waals surface area contributed by atoms with Crippen LogP contribution in [0, 0.1) is 6.57 Å². The number of hydrogen-bond donors (Lipinski definition) is 0. The van der Waals surface area contributed by atoms with Crippen LogP contribution >= 0.6 is 0 Å². The zero-order valence-corrected chi connectivity index (χ0v) is 26.2. The van der Waals surface area contributed by atoms with E-state index >= 15 is 0 Å². The van der Waals surface area contributed by atoms with Gasteiger partial charge in [-0.15, -0.1) is 0 Å². The average Bonchev–Trinajstić information content (AvgIpc) is 3.48. The molecule has 0 unspecified atom stereocenters. The largest absolute Gasteiger partial charge is 0.310 e. The first-order chi connectivity index (χ1) is 22.8. The Hall–Kier alpha value is -5.95. The van der Waals surface area contributed by atoms with Crippen LogP contribution in [0.4, 0.5) is 5.69 Å². The molecule has 8 rings (SSSR count). The molecule has 1 heterocycles. The highest BCUT2D eigenvalue weighted by Gasteiger charge is 2.41. The van der Waals surface area contributed by atoms with E-state index in [4.69, 9.17) is 6.57 Å². The molecule has 46 heavy (non-hydrogen) atoms. The zero-order chi connectivity index (χ0) is 30.9. The van der Waals surface area contributed by atoms with Crippen molar-refractivity contribution in [1.82, 2.24) is 4.57 Å². The molecule has 216 valence electrons. The molecule has 2 nitrogen and oxygen atoms in total. The normalized spacial score (nSPS) is 11.5. The molecular weight excluding hydrogens is 573 g/mol. The third-order valence-electron chi connectivity index (χ3n) is 9.14. The summed E-state index contributed by atoms with van der Waals surface area (Å²) < 4.78 is 2.29. The molecule has 0 N–H and O–H groups in total. The second-order valence-corrected chi connectivity index (χ2v) is 15.5. The minimum Gasteiger partial charge on any atom is -0.310 e. The lowest BCUT2D eigenvalue weighted by Crippen LogP contribution is -2.74. The number of para-hydroxylation sites is 2. The van der Waals surface area contributed by atoms with Gasteiger partial charge in [-0.2, -0.15) is 0 Å². The van der Waals surface area contributed by atoms with Crippen LogP contribution < -0.4 is 20.7 Å². The Morgan fingerprint density at radius 2 is 0.848 bits per heavy atom. The fourth-order valence-corrected chi connectivity index (χ4v) is 11.9. The summed E-state index contributed by atoms with van der Waals surface area (Å²) in [6, 6.07) is 65.3. The number of benzene rings is 7. The Morgan fingerprint density at radius 3 is 1.33 bits per heavy atom. The number of rotatable bonds is 6. The summed E-state index contributed by atoms with van der Waals surface area (Å²) in [4.78, 5) is 3.91. The summed E-state index contributed by atoms with van der Waals surface area (Å²) >= 11 is 0. The fraction of sp³-hybridized carbons (Fsp3) is 0. The lowest BCUT2D eigenvalue weighted by Gasteiger charge is -2.34. The average molecular weight is 603 g/mol. The Kier molecular flexibility index (Phi) is 6.91. The van der Waals surface area contributed by atoms with Gasteiger partial charge in [0.1, 0.15) is 0 Å². The van der Waals surface area contributed by atoms with Gasteiger partial charge >= 0.3 is 0 Å². The summed E-state index contributed by atoms with van der Waals surface area (Å²) in [5.74, 6) is 0. The van der Waals surface area contributed by atoms with E-state index in [-0.39, 0.29) is 0 Å². The van der Waals surface area contributed by atoms with Gasteiger partial charge in [0, 0.05) is 16.5 Å². The van der Waals surface area contributed by atoms with Crippen molar-refractivity contribution in [3.63, 3.8) is 0 Å². The van der Waals surface area contributed by atoms with Crippen molar-refractivity contribution in [3.8, 4) is 16.8 Å². The Balaban J connectivity index is 1.32. The Morgan fingerprint density at radius 1 is 0.413 bits per heavy atom. The summed E-state index contributed by atoms with van der Waals surface area (Å²) in [7, 11) is -2.61. The number of hydrogen-bond acceptors (Lipinski definition) is 0. The summed E-state index contributed by atoms with van der Waals surface area (Å²) in [5, 5.41) is 7.79. The first kappa shape index (κ1) is 27.6. The molecule has 3 heteroatoms. The standard InChI is InChI=1S/C43H30N2Si/c1-44-34-29-33(30-35(31-34)45-42-23-13-11-21-40(42)41-22-12-14-24-43(41)45)32-25-27-39(28-26-32)46(36-15-5-2-6-16-36,37-17-7-3-8-18-37)38-19-9-4-10-20-38/h2-31H. The van der Waals surface area contributed by atoms with Crippen LogP contribution in [0.15, 0.2) is 182 Å². The van der Waals surface area contributed by atoms with Crippen LogP contribution in [0.25, 0.3) is 43.5 Å². The van der Waals surface area contributed by atoms with Crippen LogP contribution in [-0.4, -0.2) is 12.6 Å². The SMILES string of the molecule is [C-]#[N+]c1cc(-c2ccc([Si](c3ccccc3)(c3ccccc3)c3ccccc3)cc2)cc(-n2c3ccccc3c3ccccc32)c1. The molecule has 0 fully saturated rings. The Labute approximate surface area is 270 Å². The minimum absolute atomic E-state index is 0.625. The molecule has 0 aliphatic heterocycles.